The van der Waals surface area contributed by atoms with E-state index in [-0.39, 0.29) is 11.9 Å². The Morgan fingerprint density at radius 2 is 2.04 bits per heavy atom. The Morgan fingerprint density at radius 1 is 1.19 bits per heavy atom. The number of carbonyl (C=O) groups is 1. The van der Waals surface area contributed by atoms with Gasteiger partial charge in [0.2, 0.25) is 0 Å². The second kappa shape index (κ2) is 6.72. The highest BCUT2D eigenvalue weighted by atomic mass is 79.9. The van der Waals surface area contributed by atoms with Gasteiger partial charge >= 0.3 is 0 Å². The summed E-state index contributed by atoms with van der Waals surface area (Å²) < 4.78 is 6.68. The predicted molar refractivity (Wildman–Crippen MR) is 106 cm³/mol. The maximum absolute atomic E-state index is 12.9. The number of fused-ring (bicyclic) bond motifs is 2. The number of nitrogens with one attached hydrogen (secondary N) is 1. The minimum Gasteiger partial charge on any atom is -0.493 e. The molecule has 1 aliphatic heterocycles. The number of amides is 1. The van der Waals surface area contributed by atoms with Gasteiger partial charge in [0, 0.05) is 21.8 Å². The summed E-state index contributed by atoms with van der Waals surface area (Å²) in [6.07, 6.45) is 0.744. The molecule has 0 fully saturated rings. The van der Waals surface area contributed by atoms with Gasteiger partial charge in [-0.15, -0.1) is 0 Å². The van der Waals surface area contributed by atoms with Crippen molar-refractivity contribution in [1.29, 1.82) is 0 Å². The van der Waals surface area contributed by atoms with Crippen molar-refractivity contribution in [3.8, 4) is 5.75 Å². The van der Waals surface area contributed by atoms with E-state index >= 15 is 0 Å². The van der Waals surface area contributed by atoms with Crippen LogP contribution in [0.4, 0.5) is 0 Å². The van der Waals surface area contributed by atoms with E-state index in [9.17, 15) is 4.79 Å². The fourth-order valence-electron chi connectivity index (χ4n) is 3.35. The van der Waals surface area contributed by atoms with Crippen molar-refractivity contribution >= 4 is 32.7 Å². The minimum atomic E-state index is -0.102. The van der Waals surface area contributed by atoms with Gasteiger partial charge in [0.25, 0.3) is 5.91 Å². The molecule has 1 unspecified atom stereocenters. The van der Waals surface area contributed by atoms with Crippen LogP contribution in [-0.2, 0) is 0 Å². The zero-order valence-corrected chi connectivity index (χ0v) is 16.3. The number of aromatic nitrogens is 1. The van der Waals surface area contributed by atoms with Crippen LogP contribution in [0.2, 0.25) is 0 Å². The van der Waals surface area contributed by atoms with Crippen molar-refractivity contribution < 1.29 is 9.53 Å². The first-order chi connectivity index (χ1) is 12.5. The lowest BCUT2D eigenvalue weighted by Gasteiger charge is -2.27. The van der Waals surface area contributed by atoms with E-state index in [4.69, 9.17) is 4.74 Å². The van der Waals surface area contributed by atoms with Crippen LogP contribution in [0.5, 0.6) is 5.75 Å². The second-order valence-corrected chi connectivity index (χ2v) is 7.58. The van der Waals surface area contributed by atoms with Gasteiger partial charge in [0.15, 0.2) is 0 Å². The Labute approximate surface area is 160 Å². The quantitative estimate of drug-likeness (QED) is 0.655. The molecule has 3 aromatic rings. The molecule has 1 amide bonds. The standard InChI is InChI=1S/C21H19BrN2O2/c1-12-3-4-14-10-16(13(2)23-19(14)9-12)21(25)24-18-7-8-26-20-6-5-15(22)11-17(18)20/h3-6,9-11,18H,7-8H2,1-2H3,(H,24,25). The van der Waals surface area contributed by atoms with E-state index in [1.807, 2.05) is 56.3 Å². The highest BCUT2D eigenvalue weighted by Gasteiger charge is 2.24. The van der Waals surface area contributed by atoms with Crippen LogP contribution in [-0.4, -0.2) is 17.5 Å². The van der Waals surface area contributed by atoms with Crippen LogP contribution >= 0.6 is 15.9 Å². The summed E-state index contributed by atoms with van der Waals surface area (Å²) in [6, 6.07) is 13.8. The third kappa shape index (κ3) is 3.19. The number of ether oxygens (including phenoxy) is 1. The largest absolute Gasteiger partial charge is 0.493 e. The molecule has 0 radical (unpaired) electrons. The maximum atomic E-state index is 12.9. The highest BCUT2D eigenvalue weighted by molar-refractivity contribution is 9.10. The molecule has 0 aliphatic carbocycles. The number of halogens is 1. The summed E-state index contributed by atoms with van der Waals surface area (Å²) >= 11 is 3.50. The van der Waals surface area contributed by atoms with Gasteiger partial charge in [0.1, 0.15) is 5.75 Å². The Bertz CT molecular complexity index is 1020. The minimum absolute atomic E-state index is 0.0723. The van der Waals surface area contributed by atoms with Crippen molar-refractivity contribution in [3.63, 3.8) is 0 Å². The van der Waals surface area contributed by atoms with Crippen LogP contribution in [0.1, 0.15) is 39.6 Å². The zero-order valence-electron chi connectivity index (χ0n) is 14.7. The summed E-state index contributed by atoms with van der Waals surface area (Å²) in [5.41, 5.74) is 4.43. The Balaban J connectivity index is 1.65. The van der Waals surface area contributed by atoms with Crippen LogP contribution < -0.4 is 10.1 Å². The lowest BCUT2D eigenvalue weighted by atomic mass is 9.99. The summed E-state index contributed by atoms with van der Waals surface area (Å²) in [7, 11) is 0. The SMILES string of the molecule is Cc1ccc2cc(C(=O)NC3CCOc4ccc(Br)cc43)c(C)nc2c1. The first-order valence-corrected chi connectivity index (χ1v) is 9.42. The van der Waals surface area contributed by atoms with Crippen molar-refractivity contribution in [2.75, 3.05) is 6.61 Å². The number of benzene rings is 2. The summed E-state index contributed by atoms with van der Waals surface area (Å²) in [6.45, 7) is 4.51. The molecule has 0 saturated carbocycles. The molecule has 1 N–H and O–H groups in total. The molecular weight excluding hydrogens is 392 g/mol. The lowest BCUT2D eigenvalue weighted by molar-refractivity contribution is 0.0924. The van der Waals surface area contributed by atoms with E-state index in [0.29, 0.717) is 12.2 Å². The molecule has 132 valence electrons. The smallest absolute Gasteiger partial charge is 0.253 e. The predicted octanol–water partition coefficient (Wildman–Crippen LogP) is 4.87. The molecule has 0 bridgehead atoms. The Morgan fingerprint density at radius 3 is 2.88 bits per heavy atom. The van der Waals surface area contributed by atoms with E-state index in [1.54, 1.807) is 0 Å². The van der Waals surface area contributed by atoms with Gasteiger partial charge in [-0.1, -0.05) is 28.1 Å². The zero-order chi connectivity index (χ0) is 18.3. The normalized spacial score (nSPS) is 16.0. The van der Waals surface area contributed by atoms with E-state index in [1.165, 1.54) is 0 Å². The fraction of sp³-hybridized carbons (Fsp3) is 0.238. The molecule has 5 heteroatoms. The summed E-state index contributed by atoms with van der Waals surface area (Å²) in [5.74, 6) is 0.726. The van der Waals surface area contributed by atoms with Crippen LogP contribution in [0.25, 0.3) is 10.9 Å². The molecule has 26 heavy (non-hydrogen) atoms. The molecule has 0 saturated heterocycles. The van der Waals surface area contributed by atoms with E-state index in [2.05, 4.69) is 26.2 Å². The molecule has 4 rings (SSSR count). The Hall–Kier alpha value is -2.40. The molecule has 0 spiro atoms. The van der Waals surface area contributed by atoms with Gasteiger partial charge in [-0.05, 0) is 49.7 Å². The van der Waals surface area contributed by atoms with E-state index in [0.717, 1.165) is 44.4 Å². The lowest BCUT2D eigenvalue weighted by Crippen LogP contribution is -2.32. The number of hydrogen-bond donors (Lipinski definition) is 1. The van der Waals surface area contributed by atoms with Crippen molar-refractivity contribution in [3.05, 3.63) is 69.3 Å². The van der Waals surface area contributed by atoms with Gasteiger partial charge in [-0.25, -0.2) is 0 Å². The number of rotatable bonds is 2. The summed E-state index contributed by atoms with van der Waals surface area (Å²) in [5, 5.41) is 4.13. The fourth-order valence-corrected chi connectivity index (χ4v) is 3.73. The van der Waals surface area contributed by atoms with Gasteiger partial charge < -0.3 is 10.1 Å². The molecule has 1 aliphatic rings. The van der Waals surface area contributed by atoms with Crippen molar-refractivity contribution in [2.24, 2.45) is 0 Å². The first kappa shape index (κ1) is 17.0. The summed E-state index contributed by atoms with van der Waals surface area (Å²) in [4.78, 5) is 17.6. The van der Waals surface area contributed by atoms with Gasteiger partial charge in [-0.2, -0.15) is 0 Å². The van der Waals surface area contributed by atoms with Crippen LogP contribution in [0.3, 0.4) is 0 Å². The number of pyridine rings is 1. The first-order valence-electron chi connectivity index (χ1n) is 8.62. The van der Waals surface area contributed by atoms with Crippen molar-refractivity contribution in [2.45, 2.75) is 26.3 Å². The number of carbonyl (C=O) groups excluding carboxylic acids is 1. The van der Waals surface area contributed by atoms with E-state index < -0.39 is 0 Å². The average molecular weight is 411 g/mol. The molecule has 1 aromatic heterocycles. The third-order valence-corrected chi connectivity index (χ3v) is 5.22. The van der Waals surface area contributed by atoms with Gasteiger partial charge in [-0.3, -0.25) is 9.78 Å². The molecule has 2 aromatic carbocycles. The Kier molecular flexibility index (Phi) is 4.41. The number of nitrogens with zero attached hydrogens (tertiary/aromatic N) is 1. The van der Waals surface area contributed by atoms with Crippen LogP contribution in [0.15, 0.2) is 46.9 Å². The number of hydrogen-bond acceptors (Lipinski definition) is 3. The van der Waals surface area contributed by atoms with Crippen molar-refractivity contribution in [1.82, 2.24) is 10.3 Å². The molecular formula is C21H19BrN2O2. The topological polar surface area (TPSA) is 51.2 Å². The molecule has 2 heterocycles. The number of aryl methyl sites for hydroxylation is 2. The molecule has 4 nitrogen and oxygen atoms in total. The third-order valence-electron chi connectivity index (χ3n) is 4.73. The van der Waals surface area contributed by atoms with Gasteiger partial charge in [0.05, 0.1) is 29.4 Å². The second-order valence-electron chi connectivity index (χ2n) is 6.66. The van der Waals surface area contributed by atoms with Crippen LogP contribution in [0, 0.1) is 13.8 Å². The highest BCUT2D eigenvalue weighted by Crippen LogP contribution is 2.34. The maximum Gasteiger partial charge on any atom is 0.253 e. The monoisotopic (exact) mass is 410 g/mol. The average Bonchev–Trinajstić information content (AvgIpc) is 2.61. The molecule has 1 atom stereocenters.